The molecular weight excluding hydrogens is 439 g/mol. The van der Waals surface area contributed by atoms with Gasteiger partial charge in [-0.25, -0.2) is 9.98 Å². The van der Waals surface area contributed by atoms with Gasteiger partial charge in [-0.15, -0.1) is 24.8 Å². The van der Waals surface area contributed by atoms with Crippen molar-refractivity contribution in [3.63, 3.8) is 0 Å². The number of benzene rings is 4. The highest BCUT2D eigenvalue weighted by molar-refractivity contribution is 5.86. The van der Waals surface area contributed by atoms with E-state index < -0.39 is 0 Å². The highest BCUT2D eigenvalue weighted by Crippen LogP contribution is 2.30. The molecule has 1 heterocycles. The van der Waals surface area contributed by atoms with Gasteiger partial charge in [-0.05, 0) is 74.0 Å². The van der Waals surface area contributed by atoms with Crippen LogP contribution in [0.2, 0.25) is 0 Å². The Morgan fingerprint density at radius 3 is 2.25 bits per heavy atom. The number of halogens is 2. The highest BCUT2D eigenvalue weighted by atomic mass is 35.5. The number of anilines is 1. The van der Waals surface area contributed by atoms with Gasteiger partial charge in [-0.3, -0.25) is 0 Å². The third-order valence-electron chi connectivity index (χ3n) is 5.35. The van der Waals surface area contributed by atoms with E-state index in [9.17, 15) is 0 Å². The van der Waals surface area contributed by atoms with Crippen LogP contribution in [0.15, 0.2) is 89.9 Å². The number of nitrogens with two attached hydrogens (primary N) is 1. The molecule has 3 aromatic rings. The molecular formula is C26H24Cl2N4. The molecule has 2 aliphatic rings. The van der Waals surface area contributed by atoms with Crippen LogP contribution < -0.4 is 11.1 Å². The van der Waals surface area contributed by atoms with Gasteiger partial charge in [0.2, 0.25) is 0 Å². The van der Waals surface area contributed by atoms with Gasteiger partial charge < -0.3 is 10.3 Å². The topological polar surface area (TPSA) is 56.2 Å². The summed E-state index contributed by atoms with van der Waals surface area (Å²) in [5.74, 6) is 0. The summed E-state index contributed by atoms with van der Waals surface area (Å²) in [6, 6.07) is 28.7. The Hall–Kier alpha value is -3.34. The maximum Gasteiger partial charge on any atom is 0.0882 e. The van der Waals surface area contributed by atoms with Crippen LogP contribution in [0.3, 0.4) is 0 Å². The summed E-state index contributed by atoms with van der Waals surface area (Å²) in [7, 11) is 0. The Balaban J connectivity index is 0.00000144. The van der Waals surface area contributed by atoms with E-state index in [2.05, 4.69) is 41.8 Å². The smallest absolute Gasteiger partial charge is 0.0882 e. The fraction of sp³-hybridized carbons (Fsp3) is 0.0769. The first-order valence-electron chi connectivity index (χ1n) is 9.98. The fourth-order valence-corrected chi connectivity index (χ4v) is 3.70. The summed E-state index contributed by atoms with van der Waals surface area (Å²) >= 11 is 0. The SMILES string of the molecule is Cc1ccc(N=c2ccc3nc4cc(C)c(N)cc4n(-c4ccccc4)c-3c2)cc1.Cl.Cl. The van der Waals surface area contributed by atoms with Crippen molar-refractivity contribution in [2.75, 3.05) is 5.73 Å². The van der Waals surface area contributed by atoms with E-state index in [4.69, 9.17) is 15.7 Å². The molecule has 0 unspecified atom stereocenters. The molecule has 0 radical (unpaired) electrons. The van der Waals surface area contributed by atoms with Crippen molar-refractivity contribution in [3.05, 3.63) is 101 Å². The number of nitrogen functional groups attached to an aromatic ring is 1. The summed E-state index contributed by atoms with van der Waals surface area (Å²) in [5.41, 5.74) is 15.1. The second-order valence-electron chi connectivity index (χ2n) is 7.60. The summed E-state index contributed by atoms with van der Waals surface area (Å²) in [6.45, 7) is 4.09. The number of nitrogens with zero attached hydrogens (tertiary/aromatic N) is 3. The van der Waals surface area contributed by atoms with Crippen molar-refractivity contribution in [3.8, 4) is 17.1 Å². The molecule has 2 N–H and O–H groups in total. The van der Waals surface area contributed by atoms with E-state index in [0.29, 0.717) is 0 Å². The Bertz CT molecular complexity index is 1410. The quantitative estimate of drug-likeness (QED) is 0.243. The number of aromatic nitrogens is 2. The minimum Gasteiger partial charge on any atom is -0.398 e. The minimum atomic E-state index is 0. The van der Waals surface area contributed by atoms with Gasteiger partial charge in [0.15, 0.2) is 0 Å². The summed E-state index contributed by atoms with van der Waals surface area (Å²) in [6.07, 6.45) is 0. The molecule has 1 aliphatic heterocycles. The van der Waals surface area contributed by atoms with Crippen LogP contribution in [-0.4, -0.2) is 9.55 Å². The molecule has 6 heteroatoms. The Labute approximate surface area is 199 Å². The van der Waals surface area contributed by atoms with E-state index in [1.807, 2.05) is 61.5 Å². The highest BCUT2D eigenvalue weighted by Gasteiger charge is 2.15. The Morgan fingerprint density at radius 2 is 1.53 bits per heavy atom. The van der Waals surface area contributed by atoms with E-state index >= 15 is 0 Å². The summed E-state index contributed by atoms with van der Waals surface area (Å²) in [5, 5.41) is 0.886. The predicted octanol–water partition coefficient (Wildman–Crippen LogP) is 6.41. The molecule has 0 amide bonds. The number of para-hydroxylation sites is 1. The first kappa shape index (κ1) is 23.3. The summed E-state index contributed by atoms with van der Waals surface area (Å²) < 4.78 is 2.21. The van der Waals surface area contributed by atoms with E-state index in [1.165, 1.54) is 5.56 Å². The molecule has 5 rings (SSSR count). The fourth-order valence-electron chi connectivity index (χ4n) is 3.70. The summed E-state index contributed by atoms with van der Waals surface area (Å²) in [4.78, 5) is 9.72. The molecule has 162 valence electrons. The first-order chi connectivity index (χ1) is 14.6. The molecule has 1 aliphatic carbocycles. The van der Waals surface area contributed by atoms with Crippen molar-refractivity contribution in [1.82, 2.24) is 9.55 Å². The molecule has 0 spiro atoms. The van der Waals surface area contributed by atoms with Crippen LogP contribution in [0.1, 0.15) is 11.1 Å². The second kappa shape index (κ2) is 9.43. The van der Waals surface area contributed by atoms with E-state index in [1.54, 1.807) is 0 Å². The largest absolute Gasteiger partial charge is 0.398 e. The molecule has 0 saturated heterocycles. The maximum absolute atomic E-state index is 6.26. The molecule has 3 aromatic carbocycles. The zero-order chi connectivity index (χ0) is 20.7. The first-order valence-corrected chi connectivity index (χ1v) is 9.98. The standard InChI is InChI=1S/C26H22N4.2ClH/c1-17-8-10-19(11-9-17)28-20-12-13-23-25(15-20)30(21-6-4-3-5-7-21)26-16-22(27)18(2)14-24(26)29-23;;/h3-16H,27H2,1-2H3;2*1H. The third kappa shape index (κ3) is 4.33. The van der Waals surface area contributed by atoms with E-state index in [0.717, 1.165) is 50.4 Å². The van der Waals surface area contributed by atoms with Crippen molar-refractivity contribution >= 4 is 47.2 Å². The number of fused-ring (bicyclic) bond motifs is 2. The van der Waals surface area contributed by atoms with Crippen LogP contribution in [0.25, 0.3) is 28.1 Å². The molecule has 0 saturated carbocycles. The van der Waals surface area contributed by atoms with Gasteiger partial charge in [0.05, 0.1) is 33.5 Å². The van der Waals surface area contributed by atoms with Gasteiger partial charge in [0.25, 0.3) is 0 Å². The third-order valence-corrected chi connectivity index (χ3v) is 5.35. The monoisotopic (exact) mass is 462 g/mol. The number of hydrogen-bond donors (Lipinski definition) is 1. The number of aryl methyl sites for hydroxylation is 2. The van der Waals surface area contributed by atoms with E-state index in [-0.39, 0.29) is 24.8 Å². The van der Waals surface area contributed by atoms with Crippen LogP contribution in [-0.2, 0) is 0 Å². The predicted molar refractivity (Wildman–Crippen MR) is 138 cm³/mol. The lowest BCUT2D eigenvalue weighted by Crippen LogP contribution is -2.11. The van der Waals surface area contributed by atoms with Gasteiger partial charge in [0.1, 0.15) is 0 Å². The average Bonchev–Trinajstić information content (AvgIpc) is 2.76. The lowest BCUT2D eigenvalue weighted by atomic mass is 10.1. The van der Waals surface area contributed by atoms with Crippen LogP contribution in [0.4, 0.5) is 11.4 Å². The van der Waals surface area contributed by atoms with Crippen molar-refractivity contribution in [2.24, 2.45) is 4.99 Å². The van der Waals surface area contributed by atoms with Crippen molar-refractivity contribution < 1.29 is 0 Å². The second-order valence-corrected chi connectivity index (χ2v) is 7.60. The lowest BCUT2D eigenvalue weighted by molar-refractivity contribution is 1.07. The Morgan fingerprint density at radius 1 is 0.812 bits per heavy atom. The van der Waals surface area contributed by atoms with Crippen molar-refractivity contribution in [1.29, 1.82) is 0 Å². The van der Waals surface area contributed by atoms with Crippen LogP contribution >= 0.6 is 24.8 Å². The molecule has 0 fully saturated rings. The van der Waals surface area contributed by atoms with Crippen molar-refractivity contribution in [2.45, 2.75) is 13.8 Å². The molecule has 32 heavy (non-hydrogen) atoms. The molecule has 0 bridgehead atoms. The maximum atomic E-state index is 6.26. The zero-order valence-corrected chi connectivity index (χ0v) is 19.5. The van der Waals surface area contributed by atoms with Gasteiger partial charge in [-0.1, -0.05) is 35.9 Å². The van der Waals surface area contributed by atoms with Gasteiger partial charge >= 0.3 is 0 Å². The zero-order valence-electron chi connectivity index (χ0n) is 17.8. The van der Waals surface area contributed by atoms with Gasteiger partial charge in [0, 0.05) is 11.4 Å². The van der Waals surface area contributed by atoms with Crippen LogP contribution in [0, 0.1) is 13.8 Å². The molecule has 4 nitrogen and oxygen atoms in total. The molecule has 0 atom stereocenters. The normalized spacial score (nSPS) is 11.2. The molecule has 0 aromatic heterocycles. The number of hydrogen-bond acceptors (Lipinski definition) is 3. The minimum absolute atomic E-state index is 0. The Kier molecular flexibility index (Phi) is 6.87. The lowest BCUT2D eigenvalue weighted by Gasteiger charge is -2.19. The van der Waals surface area contributed by atoms with Crippen LogP contribution in [0.5, 0.6) is 0 Å². The average molecular weight is 463 g/mol. The van der Waals surface area contributed by atoms with Gasteiger partial charge in [-0.2, -0.15) is 0 Å². The number of rotatable bonds is 2.